The van der Waals surface area contributed by atoms with Gasteiger partial charge in [-0.25, -0.2) is 8.96 Å². The molecule has 1 heterocycles. The number of aryl methyl sites for hydroxylation is 1. The van der Waals surface area contributed by atoms with Crippen molar-refractivity contribution >= 4 is 46.9 Å². The Bertz CT molecular complexity index is 807. The number of rotatable bonds is 3. The highest BCUT2D eigenvalue weighted by Gasteiger charge is 2.29. The van der Waals surface area contributed by atoms with Crippen LogP contribution in [-0.2, 0) is 4.57 Å². The molecular formula is C11H9BrClFN3O4P. The molecule has 3 N–H and O–H groups in total. The van der Waals surface area contributed by atoms with Gasteiger partial charge in [-0.2, -0.15) is 9.55 Å². The monoisotopic (exact) mass is 411 g/mol. The van der Waals surface area contributed by atoms with Gasteiger partial charge in [0.25, 0.3) is 5.91 Å². The molecule has 1 aromatic carbocycles. The van der Waals surface area contributed by atoms with Crippen LogP contribution in [0.5, 0.6) is 0 Å². The van der Waals surface area contributed by atoms with Crippen molar-refractivity contribution in [1.82, 2.24) is 9.55 Å². The maximum absolute atomic E-state index is 13.7. The van der Waals surface area contributed by atoms with Gasteiger partial charge in [0.1, 0.15) is 5.82 Å². The Morgan fingerprint density at radius 1 is 1.50 bits per heavy atom. The fraction of sp³-hybridized carbons (Fsp3) is 0.0909. The van der Waals surface area contributed by atoms with Crippen LogP contribution < -0.4 is 5.32 Å². The van der Waals surface area contributed by atoms with Crippen LogP contribution in [0.3, 0.4) is 0 Å². The quantitative estimate of drug-likeness (QED) is 0.673. The lowest BCUT2D eigenvalue weighted by molar-refractivity contribution is 0.102. The number of hydrogen-bond donors (Lipinski definition) is 3. The summed E-state index contributed by atoms with van der Waals surface area (Å²) in [6, 6.07) is 4.18. The van der Waals surface area contributed by atoms with Crippen molar-refractivity contribution < 1.29 is 23.5 Å². The standard InChI is InChI=1S/C11H9BrClFN3O4P/c1-5-2-3-7(6(14)4-5)15-11(18)9-8(12)10(13)17(16-9)22(19,20)21/h2-4H,1H3,(H,15,18)(H2,19,20,21). The van der Waals surface area contributed by atoms with Gasteiger partial charge in [0.2, 0.25) is 0 Å². The third-order valence-electron chi connectivity index (χ3n) is 2.59. The molecule has 11 heteroatoms. The Labute approximate surface area is 137 Å². The molecule has 0 spiro atoms. The summed E-state index contributed by atoms with van der Waals surface area (Å²) in [5, 5.41) is 5.28. The highest BCUT2D eigenvalue weighted by molar-refractivity contribution is 9.10. The fourth-order valence-electron chi connectivity index (χ4n) is 1.59. The average molecular weight is 413 g/mol. The Morgan fingerprint density at radius 3 is 2.64 bits per heavy atom. The smallest absolute Gasteiger partial charge is 0.318 e. The normalized spacial score (nSPS) is 11.5. The van der Waals surface area contributed by atoms with E-state index in [2.05, 4.69) is 26.3 Å². The third-order valence-corrected chi connectivity index (χ3v) is 4.82. The number of carbonyl (C=O) groups is 1. The maximum Gasteiger partial charge on any atom is 0.451 e. The number of hydrogen-bond acceptors (Lipinski definition) is 3. The van der Waals surface area contributed by atoms with Crippen molar-refractivity contribution in [2.24, 2.45) is 0 Å². The molecule has 2 rings (SSSR count). The van der Waals surface area contributed by atoms with E-state index >= 15 is 0 Å². The van der Waals surface area contributed by atoms with Crippen LogP contribution in [-0.4, -0.2) is 25.2 Å². The third kappa shape index (κ3) is 3.39. The first kappa shape index (κ1) is 17.1. The minimum atomic E-state index is -4.81. The molecule has 0 aliphatic heterocycles. The van der Waals surface area contributed by atoms with Crippen LogP contribution in [0.2, 0.25) is 5.15 Å². The van der Waals surface area contributed by atoms with Crippen LogP contribution in [0.25, 0.3) is 0 Å². The van der Waals surface area contributed by atoms with Gasteiger partial charge in [-0.3, -0.25) is 4.79 Å². The number of aromatic nitrogens is 2. The van der Waals surface area contributed by atoms with Gasteiger partial charge in [-0.15, -0.1) is 0 Å². The van der Waals surface area contributed by atoms with Crippen LogP contribution in [0.4, 0.5) is 10.1 Å². The topological polar surface area (TPSA) is 104 Å². The van der Waals surface area contributed by atoms with E-state index in [1.54, 1.807) is 13.0 Å². The number of benzene rings is 1. The average Bonchev–Trinajstić information content (AvgIpc) is 2.69. The van der Waals surface area contributed by atoms with Crippen molar-refractivity contribution in [2.45, 2.75) is 6.92 Å². The number of amides is 1. The Balaban J connectivity index is 2.36. The van der Waals surface area contributed by atoms with E-state index in [-0.39, 0.29) is 20.3 Å². The SMILES string of the molecule is Cc1ccc(NC(=O)c2nn(P(=O)(O)O)c(Cl)c2Br)c(F)c1. The molecule has 1 aromatic heterocycles. The number of carbonyl (C=O) groups excluding carboxylic acids is 1. The van der Waals surface area contributed by atoms with Gasteiger partial charge in [-0.05, 0) is 40.5 Å². The van der Waals surface area contributed by atoms with E-state index in [0.29, 0.717) is 5.56 Å². The highest BCUT2D eigenvalue weighted by Crippen LogP contribution is 2.42. The Morgan fingerprint density at radius 2 is 2.14 bits per heavy atom. The van der Waals surface area contributed by atoms with Crippen molar-refractivity contribution in [1.29, 1.82) is 0 Å². The van der Waals surface area contributed by atoms with Crippen molar-refractivity contribution in [3.05, 3.63) is 44.9 Å². The van der Waals surface area contributed by atoms with Crippen LogP contribution in [0.1, 0.15) is 16.1 Å². The van der Waals surface area contributed by atoms with Gasteiger partial charge in [0.05, 0.1) is 10.2 Å². The number of anilines is 1. The lowest BCUT2D eigenvalue weighted by Crippen LogP contribution is -2.14. The second-order valence-electron chi connectivity index (χ2n) is 4.29. The zero-order valence-electron chi connectivity index (χ0n) is 10.9. The van der Waals surface area contributed by atoms with Crippen molar-refractivity contribution in [3.63, 3.8) is 0 Å². The molecule has 0 fully saturated rings. The predicted octanol–water partition coefficient (Wildman–Crippen LogP) is 2.94. The molecular weight excluding hydrogens is 403 g/mol. The van der Waals surface area contributed by atoms with Gasteiger partial charge in [0, 0.05) is 0 Å². The second kappa shape index (κ2) is 6.10. The first-order valence-corrected chi connectivity index (χ1v) is 8.43. The summed E-state index contributed by atoms with van der Waals surface area (Å²) in [6.45, 7) is 1.69. The molecule has 0 unspecified atom stereocenters. The van der Waals surface area contributed by atoms with E-state index in [4.69, 9.17) is 21.4 Å². The molecule has 0 bridgehead atoms. The Kier molecular flexibility index (Phi) is 4.74. The number of nitrogens with one attached hydrogen (secondary N) is 1. The lowest BCUT2D eigenvalue weighted by Gasteiger charge is -2.06. The van der Waals surface area contributed by atoms with Gasteiger partial charge in [-0.1, -0.05) is 17.7 Å². The van der Waals surface area contributed by atoms with E-state index < -0.39 is 24.6 Å². The molecule has 0 radical (unpaired) electrons. The molecule has 22 heavy (non-hydrogen) atoms. The summed E-state index contributed by atoms with van der Waals surface area (Å²) in [7, 11) is -4.81. The molecule has 118 valence electrons. The first-order valence-electron chi connectivity index (χ1n) is 5.69. The fourth-order valence-corrected chi connectivity index (χ4v) is 3.11. The minimum absolute atomic E-state index is 0.0932. The van der Waals surface area contributed by atoms with Crippen molar-refractivity contribution in [3.8, 4) is 0 Å². The molecule has 0 aliphatic carbocycles. The molecule has 0 aliphatic rings. The van der Waals surface area contributed by atoms with E-state index in [9.17, 15) is 13.8 Å². The minimum Gasteiger partial charge on any atom is -0.318 e. The maximum atomic E-state index is 13.7. The Hall–Kier alpha value is -1.25. The molecule has 7 nitrogen and oxygen atoms in total. The summed E-state index contributed by atoms with van der Waals surface area (Å²) in [4.78, 5) is 30.2. The molecule has 0 saturated heterocycles. The van der Waals surface area contributed by atoms with E-state index in [0.717, 1.165) is 0 Å². The van der Waals surface area contributed by atoms with Crippen LogP contribution >= 0.6 is 35.3 Å². The lowest BCUT2D eigenvalue weighted by atomic mass is 10.2. The van der Waals surface area contributed by atoms with Crippen LogP contribution in [0, 0.1) is 12.7 Å². The summed E-state index contributed by atoms with van der Waals surface area (Å²) in [6.07, 6.45) is 0. The van der Waals surface area contributed by atoms with Crippen LogP contribution in [0.15, 0.2) is 22.7 Å². The highest BCUT2D eigenvalue weighted by atomic mass is 79.9. The largest absolute Gasteiger partial charge is 0.451 e. The predicted molar refractivity (Wildman–Crippen MR) is 81.5 cm³/mol. The molecule has 0 atom stereocenters. The second-order valence-corrected chi connectivity index (χ2v) is 6.85. The molecule has 2 aromatic rings. The zero-order valence-corrected chi connectivity index (χ0v) is 14.2. The van der Waals surface area contributed by atoms with E-state index in [1.807, 2.05) is 0 Å². The zero-order chi connectivity index (χ0) is 16.7. The summed E-state index contributed by atoms with van der Waals surface area (Å²) < 4.78 is 25.0. The summed E-state index contributed by atoms with van der Waals surface area (Å²) in [5.41, 5.74) is 0.197. The van der Waals surface area contributed by atoms with E-state index in [1.165, 1.54) is 12.1 Å². The number of nitrogens with zero attached hydrogens (tertiary/aromatic N) is 2. The van der Waals surface area contributed by atoms with Gasteiger partial charge >= 0.3 is 7.75 Å². The number of halogens is 3. The first-order chi connectivity index (χ1) is 10.1. The summed E-state index contributed by atoms with van der Waals surface area (Å²) in [5.74, 6) is -1.52. The van der Waals surface area contributed by atoms with Gasteiger partial charge in [0.15, 0.2) is 10.8 Å². The van der Waals surface area contributed by atoms with Gasteiger partial charge < -0.3 is 15.1 Å². The summed E-state index contributed by atoms with van der Waals surface area (Å²) >= 11 is 8.63. The molecule has 0 saturated carbocycles. The molecule has 1 amide bonds. The van der Waals surface area contributed by atoms with Crippen molar-refractivity contribution in [2.75, 3.05) is 5.32 Å².